The first-order chi connectivity index (χ1) is 9.04. The minimum Gasteiger partial charge on any atom is -0.420 e. The molecule has 0 aromatic heterocycles. The Bertz CT molecular complexity index is 227. The Morgan fingerprint density at radius 2 is 1.32 bits per heavy atom. The Balaban J connectivity index is 3.45. The highest BCUT2D eigenvalue weighted by molar-refractivity contribution is 5.59. The fourth-order valence-corrected chi connectivity index (χ4v) is 2.21. The highest BCUT2D eigenvalue weighted by atomic mass is 16.6. The zero-order valence-corrected chi connectivity index (χ0v) is 13.5. The Hall–Kier alpha value is -0.570. The normalized spacial score (nSPS) is 11.6. The zero-order chi connectivity index (χ0) is 14.6. The van der Waals surface area contributed by atoms with E-state index in [-0.39, 0.29) is 6.09 Å². The summed E-state index contributed by atoms with van der Waals surface area (Å²) in [5.41, 5.74) is 0. The van der Waals surface area contributed by atoms with Crippen LogP contribution in [-0.2, 0) is 4.74 Å². The van der Waals surface area contributed by atoms with Crippen molar-refractivity contribution >= 4 is 6.09 Å². The van der Waals surface area contributed by atoms with E-state index in [9.17, 15) is 4.79 Å². The Morgan fingerprint density at radius 1 is 0.842 bits per heavy atom. The Kier molecular flexibility index (Phi) is 10.9. The smallest absolute Gasteiger partial charge is 0.420 e. The maximum atomic E-state index is 11.7. The number of rotatable bonds is 11. The number of hydrogen-bond donors (Lipinski definition) is 0. The van der Waals surface area contributed by atoms with Gasteiger partial charge in [0.25, 0.3) is 0 Å². The molecule has 0 aliphatic rings. The van der Waals surface area contributed by atoms with Crippen LogP contribution in [0.3, 0.4) is 0 Å². The molecule has 3 heteroatoms. The van der Waals surface area contributed by atoms with Crippen LogP contribution in [-0.4, -0.2) is 37.8 Å². The molecule has 0 heterocycles. The lowest BCUT2D eigenvalue weighted by Crippen LogP contribution is -2.46. The largest absolute Gasteiger partial charge is 0.515 e. The number of nitrogens with zero attached hydrogens (tertiary/aromatic N) is 1. The van der Waals surface area contributed by atoms with Crippen molar-refractivity contribution in [2.45, 2.75) is 71.6 Å². The number of carbonyl (C=O) groups is 1. The number of quaternary nitrogens is 1. The van der Waals surface area contributed by atoms with E-state index >= 15 is 0 Å². The number of hydrogen-bond acceptors (Lipinski definition) is 2. The molecule has 1 amide bonds. The number of amides is 1. The molecule has 0 bridgehead atoms. The highest BCUT2D eigenvalue weighted by Crippen LogP contribution is 2.11. The SMILES string of the molecule is CCCCCCCCCCC[N+](C)(C)C(=O)OCC. The number of ether oxygens (including phenoxy) is 1. The molecule has 0 atom stereocenters. The lowest BCUT2D eigenvalue weighted by Gasteiger charge is -2.24. The van der Waals surface area contributed by atoms with Crippen LogP contribution >= 0.6 is 0 Å². The third-order valence-corrected chi connectivity index (χ3v) is 3.58. The molecule has 0 aliphatic heterocycles. The first kappa shape index (κ1) is 18.4. The minimum absolute atomic E-state index is 0.109. The molecule has 114 valence electrons. The van der Waals surface area contributed by atoms with Crippen molar-refractivity contribution in [3.05, 3.63) is 0 Å². The lowest BCUT2D eigenvalue weighted by atomic mass is 10.1. The van der Waals surface area contributed by atoms with Crippen molar-refractivity contribution in [2.24, 2.45) is 0 Å². The Morgan fingerprint density at radius 3 is 1.79 bits per heavy atom. The molecule has 0 saturated heterocycles. The van der Waals surface area contributed by atoms with E-state index in [2.05, 4.69) is 6.92 Å². The average molecular weight is 272 g/mol. The van der Waals surface area contributed by atoms with Gasteiger partial charge in [-0.05, 0) is 19.8 Å². The quantitative estimate of drug-likeness (QED) is 0.401. The van der Waals surface area contributed by atoms with Gasteiger partial charge in [-0.15, -0.1) is 0 Å². The molecule has 0 aromatic rings. The molecule has 19 heavy (non-hydrogen) atoms. The summed E-state index contributed by atoms with van der Waals surface area (Å²) in [5.74, 6) is 0. The molecule has 0 radical (unpaired) electrons. The monoisotopic (exact) mass is 272 g/mol. The van der Waals surface area contributed by atoms with E-state index < -0.39 is 0 Å². The molecular formula is C16H34NO2+. The van der Waals surface area contributed by atoms with Gasteiger partial charge in [0, 0.05) is 0 Å². The van der Waals surface area contributed by atoms with Gasteiger partial charge in [-0.2, -0.15) is 4.79 Å². The van der Waals surface area contributed by atoms with E-state index in [1.54, 1.807) is 0 Å². The molecule has 0 saturated carbocycles. The third kappa shape index (κ3) is 9.94. The van der Waals surface area contributed by atoms with Gasteiger partial charge in [0.2, 0.25) is 0 Å². The first-order valence-electron chi connectivity index (χ1n) is 8.05. The van der Waals surface area contributed by atoms with E-state index in [1.807, 2.05) is 21.0 Å². The summed E-state index contributed by atoms with van der Waals surface area (Å²) in [5, 5.41) is 0. The van der Waals surface area contributed by atoms with Crippen molar-refractivity contribution < 1.29 is 14.0 Å². The van der Waals surface area contributed by atoms with Crippen LogP contribution < -0.4 is 0 Å². The predicted molar refractivity (Wildman–Crippen MR) is 81.2 cm³/mol. The van der Waals surface area contributed by atoms with Gasteiger partial charge in [-0.25, -0.2) is 4.48 Å². The van der Waals surface area contributed by atoms with Crippen molar-refractivity contribution in [1.82, 2.24) is 0 Å². The Labute approximate surface area is 119 Å². The predicted octanol–water partition coefficient (Wildman–Crippen LogP) is 4.75. The molecule has 0 fully saturated rings. The minimum atomic E-state index is -0.109. The van der Waals surface area contributed by atoms with E-state index in [1.165, 1.54) is 51.4 Å². The molecule has 0 unspecified atom stereocenters. The van der Waals surface area contributed by atoms with Gasteiger partial charge >= 0.3 is 6.09 Å². The van der Waals surface area contributed by atoms with Crippen LogP contribution in [0.5, 0.6) is 0 Å². The van der Waals surface area contributed by atoms with Gasteiger partial charge < -0.3 is 4.74 Å². The van der Waals surface area contributed by atoms with Gasteiger partial charge in [0.05, 0.1) is 27.2 Å². The molecular weight excluding hydrogens is 238 g/mol. The van der Waals surface area contributed by atoms with Crippen LogP contribution in [0.25, 0.3) is 0 Å². The summed E-state index contributed by atoms with van der Waals surface area (Å²) in [4.78, 5) is 11.7. The highest BCUT2D eigenvalue weighted by Gasteiger charge is 2.27. The fourth-order valence-electron chi connectivity index (χ4n) is 2.21. The van der Waals surface area contributed by atoms with Crippen molar-refractivity contribution in [3.8, 4) is 0 Å². The molecule has 0 aliphatic carbocycles. The summed E-state index contributed by atoms with van der Waals surface area (Å²) in [7, 11) is 3.87. The maximum absolute atomic E-state index is 11.7. The summed E-state index contributed by atoms with van der Waals surface area (Å²) in [6.45, 7) is 5.47. The second-order valence-corrected chi connectivity index (χ2v) is 5.94. The molecule has 3 nitrogen and oxygen atoms in total. The fraction of sp³-hybridized carbons (Fsp3) is 0.938. The standard InChI is InChI=1S/C16H34NO2/c1-5-7-8-9-10-11-12-13-14-15-17(3,4)16(18)19-6-2/h5-15H2,1-4H3/q+1. The summed E-state index contributed by atoms with van der Waals surface area (Å²) in [6.07, 6.45) is 11.7. The molecule has 0 N–H and O–H groups in total. The average Bonchev–Trinajstić information content (AvgIpc) is 2.37. The van der Waals surface area contributed by atoms with Crippen LogP contribution in [0.4, 0.5) is 4.79 Å². The number of unbranched alkanes of at least 4 members (excludes halogenated alkanes) is 8. The zero-order valence-electron chi connectivity index (χ0n) is 13.5. The second-order valence-electron chi connectivity index (χ2n) is 5.94. The number of carbonyl (C=O) groups excluding carboxylic acids is 1. The van der Waals surface area contributed by atoms with Crippen LogP contribution in [0.2, 0.25) is 0 Å². The van der Waals surface area contributed by atoms with Crippen molar-refractivity contribution in [1.29, 1.82) is 0 Å². The van der Waals surface area contributed by atoms with Crippen molar-refractivity contribution in [2.75, 3.05) is 27.2 Å². The maximum Gasteiger partial charge on any atom is 0.515 e. The third-order valence-electron chi connectivity index (χ3n) is 3.58. The second kappa shape index (κ2) is 11.3. The lowest BCUT2D eigenvalue weighted by molar-refractivity contribution is -0.817. The summed E-state index contributed by atoms with van der Waals surface area (Å²) < 4.78 is 5.42. The van der Waals surface area contributed by atoms with Gasteiger partial charge in [0.1, 0.15) is 0 Å². The van der Waals surface area contributed by atoms with E-state index in [0.717, 1.165) is 13.0 Å². The summed E-state index contributed by atoms with van der Waals surface area (Å²) >= 11 is 0. The molecule has 0 rings (SSSR count). The van der Waals surface area contributed by atoms with Gasteiger partial charge in [-0.3, -0.25) is 0 Å². The van der Waals surface area contributed by atoms with Crippen LogP contribution in [0.1, 0.15) is 71.6 Å². The van der Waals surface area contributed by atoms with Crippen molar-refractivity contribution in [3.63, 3.8) is 0 Å². The molecule has 0 spiro atoms. The van der Waals surface area contributed by atoms with Crippen LogP contribution in [0, 0.1) is 0 Å². The van der Waals surface area contributed by atoms with Gasteiger partial charge in [-0.1, -0.05) is 51.9 Å². The topological polar surface area (TPSA) is 26.3 Å². The van der Waals surface area contributed by atoms with E-state index in [4.69, 9.17) is 4.74 Å². The summed E-state index contributed by atoms with van der Waals surface area (Å²) in [6, 6.07) is 0. The first-order valence-corrected chi connectivity index (χ1v) is 8.05. The van der Waals surface area contributed by atoms with E-state index in [0.29, 0.717) is 11.1 Å². The van der Waals surface area contributed by atoms with Crippen LogP contribution in [0.15, 0.2) is 0 Å². The van der Waals surface area contributed by atoms with Gasteiger partial charge in [0.15, 0.2) is 0 Å². The molecule has 0 aromatic carbocycles.